The second kappa shape index (κ2) is 6.13. The van der Waals surface area contributed by atoms with Gasteiger partial charge >= 0.3 is 11.7 Å². The van der Waals surface area contributed by atoms with E-state index in [4.69, 9.17) is 4.98 Å². The third kappa shape index (κ3) is 2.33. The summed E-state index contributed by atoms with van der Waals surface area (Å²) in [6.45, 7) is 0.210. The summed E-state index contributed by atoms with van der Waals surface area (Å²) in [5, 5.41) is 5.23. The number of hydrogen-bond donors (Lipinski definition) is 3. The number of carbonyl (C=O) groups is 3. The standard InChI is InChI=1S/C23H19N7O4/c1-28-21(33)27-20(32)23(28)7-11-5-14-15(6-12(11)8-23)25-17(24-14)9-29-16-4-2-3-13-19(16)30(22(29)34)10-18(31)26-13/h2-6H,7-10H2,1H3,(H,24,25)(H,26,31)(H,27,32,33). The second-order valence-corrected chi connectivity index (χ2v) is 9.20. The quantitative estimate of drug-likeness (QED) is 0.381. The normalized spacial score (nSPS) is 18.3. The molecule has 0 radical (unpaired) electrons. The molecule has 11 heteroatoms. The van der Waals surface area contributed by atoms with Gasteiger partial charge < -0.3 is 15.2 Å². The molecule has 4 aromatic rings. The molecule has 170 valence electrons. The predicted molar refractivity (Wildman–Crippen MR) is 121 cm³/mol. The van der Waals surface area contributed by atoms with Gasteiger partial charge in [0.05, 0.1) is 34.3 Å². The fraction of sp³-hybridized carbons (Fsp3) is 0.261. The Morgan fingerprint density at radius 2 is 1.85 bits per heavy atom. The van der Waals surface area contributed by atoms with Crippen molar-refractivity contribution in [3.05, 3.63) is 57.8 Å². The van der Waals surface area contributed by atoms with Gasteiger partial charge in [-0.1, -0.05) is 6.07 Å². The summed E-state index contributed by atoms with van der Waals surface area (Å²) in [7, 11) is 1.65. The number of benzene rings is 2. The first kappa shape index (κ1) is 19.1. The average Bonchev–Trinajstić information content (AvgIpc) is 3.50. The van der Waals surface area contributed by atoms with Crippen molar-refractivity contribution < 1.29 is 14.4 Å². The first-order chi connectivity index (χ1) is 16.3. The Morgan fingerprint density at radius 1 is 1.06 bits per heavy atom. The van der Waals surface area contributed by atoms with Gasteiger partial charge in [-0.2, -0.15) is 0 Å². The maximum atomic E-state index is 13.1. The van der Waals surface area contributed by atoms with E-state index in [0.717, 1.165) is 27.7 Å². The second-order valence-electron chi connectivity index (χ2n) is 9.20. The number of nitrogens with zero attached hydrogens (tertiary/aromatic N) is 4. The number of likely N-dealkylation sites (N-methyl/N-ethyl adjacent to an activating group) is 1. The van der Waals surface area contributed by atoms with Crippen molar-refractivity contribution in [3.63, 3.8) is 0 Å². The molecule has 0 saturated carbocycles. The van der Waals surface area contributed by atoms with Gasteiger partial charge in [-0.05, 0) is 35.4 Å². The molecule has 1 saturated heterocycles. The lowest BCUT2D eigenvalue weighted by molar-refractivity contribution is -0.125. The Balaban J connectivity index is 1.27. The van der Waals surface area contributed by atoms with Gasteiger partial charge in [-0.15, -0.1) is 0 Å². The van der Waals surface area contributed by atoms with Crippen molar-refractivity contribution in [2.75, 3.05) is 12.4 Å². The zero-order chi connectivity index (χ0) is 23.4. The topological polar surface area (TPSA) is 134 Å². The monoisotopic (exact) mass is 457 g/mol. The zero-order valence-corrected chi connectivity index (χ0v) is 18.1. The van der Waals surface area contributed by atoms with Gasteiger partial charge in [-0.25, -0.2) is 14.6 Å². The predicted octanol–water partition coefficient (Wildman–Crippen LogP) is 0.699. The number of anilines is 1. The number of fused-ring (bicyclic) bond motifs is 2. The Bertz CT molecular complexity index is 1630. The highest BCUT2D eigenvalue weighted by molar-refractivity contribution is 6.08. The smallest absolute Gasteiger partial charge is 0.330 e. The molecule has 2 aromatic heterocycles. The number of imide groups is 1. The molecular weight excluding hydrogens is 438 g/mol. The van der Waals surface area contributed by atoms with Crippen LogP contribution in [-0.4, -0.2) is 54.4 Å². The van der Waals surface area contributed by atoms with Crippen LogP contribution in [0.15, 0.2) is 35.1 Å². The summed E-state index contributed by atoms with van der Waals surface area (Å²) in [5.41, 5.74) is 4.43. The van der Waals surface area contributed by atoms with Crippen LogP contribution >= 0.6 is 0 Å². The number of nitrogens with one attached hydrogen (secondary N) is 3. The molecular formula is C23H19N7O4. The lowest BCUT2D eigenvalue weighted by Crippen LogP contribution is -2.48. The van der Waals surface area contributed by atoms with Crippen LogP contribution in [0.25, 0.3) is 22.1 Å². The van der Waals surface area contributed by atoms with Crippen LogP contribution in [0.5, 0.6) is 0 Å². The minimum Gasteiger partial charge on any atom is -0.340 e. The third-order valence-electron chi connectivity index (χ3n) is 7.33. The van der Waals surface area contributed by atoms with Crippen LogP contribution in [0, 0.1) is 0 Å². The lowest BCUT2D eigenvalue weighted by atomic mass is 9.95. The fourth-order valence-electron chi connectivity index (χ4n) is 5.60. The molecule has 1 atom stereocenters. The maximum Gasteiger partial charge on any atom is 0.330 e. The van der Waals surface area contributed by atoms with Crippen LogP contribution in [0.3, 0.4) is 0 Å². The molecule has 4 heterocycles. The number of aromatic nitrogens is 4. The molecule has 11 nitrogen and oxygen atoms in total. The van der Waals surface area contributed by atoms with E-state index < -0.39 is 5.54 Å². The summed E-state index contributed by atoms with van der Waals surface area (Å²) in [6, 6.07) is 8.99. The maximum absolute atomic E-state index is 13.1. The van der Waals surface area contributed by atoms with E-state index in [1.807, 2.05) is 24.3 Å². The van der Waals surface area contributed by atoms with E-state index in [0.29, 0.717) is 29.9 Å². The van der Waals surface area contributed by atoms with Gasteiger partial charge in [0.1, 0.15) is 17.9 Å². The molecule has 4 amide bonds. The van der Waals surface area contributed by atoms with E-state index in [2.05, 4.69) is 15.6 Å². The Kier molecular flexibility index (Phi) is 3.44. The van der Waals surface area contributed by atoms with Gasteiger partial charge in [-0.3, -0.25) is 24.0 Å². The van der Waals surface area contributed by atoms with Crippen molar-refractivity contribution in [3.8, 4) is 0 Å². The first-order valence-electron chi connectivity index (χ1n) is 11.0. The summed E-state index contributed by atoms with van der Waals surface area (Å²) in [5.74, 6) is 0.123. The number of urea groups is 1. The number of carbonyl (C=O) groups excluding carboxylic acids is 3. The number of imidazole rings is 2. The van der Waals surface area contributed by atoms with Crippen LogP contribution in [0.4, 0.5) is 10.5 Å². The minimum atomic E-state index is -0.883. The van der Waals surface area contributed by atoms with Gasteiger partial charge in [0.2, 0.25) is 5.91 Å². The molecule has 2 aromatic carbocycles. The summed E-state index contributed by atoms with van der Waals surface area (Å²) < 4.78 is 3.10. The Labute approximate surface area is 191 Å². The first-order valence-corrected chi connectivity index (χ1v) is 11.0. The van der Waals surface area contributed by atoms with E-state index in [-0.39, 0.29) is 36.6 Å². The van der Waals surface area contributed by atoms with E-state index >= 15 is 0 Å². The van der Waals surface area contributed by atoms with Crippen molar-refractivity contribution in [2.45, 2.75) is 31.5 Å². The van der Waals surface area contributed by atoms with Gasteiger partial charge in [0.15, 0.2) is 0 Å². The molecule has 0 bridgehead atoms. The van der Waals surface area contributed by atoms with Crippen molar-refractivity contribution in [1.29, 1.82) is 0 Å². The van der Waals surface area contributed by atoms with E-state index in [9.17, 15) is 19.2 Å². The van der Waals surface area contributed by atoms with Crippen LogP contribution in [0.2, 0.25) is 0 Å². The highest BCUT2D eigenvalue weighted by atomic mass is 16.2. The number of H-pyrrole nitrogens is 1. The highest BCUT2D eigenvalue weighted by Gasteiger charge is 2.54. The minimum absolute atomic E-state index is 0.0154. The zero-order valence-electron chi connectivity index (χ0n) is 18.1. The molecule has 1 unspecified atom stereocenters. The molecule has 2 aliphatic heterocycles. The largest absolute Gasteiger partial charge is 0.340 e. The summed E-state index contributed by atoms with van der Waals surface area (Å²) >= 11 is 0. The fourth-order valence-corrected chi connectivity index (χ4v) is 5.60. The van der Waals surface area contributed by atoms with Gasteiger partial charge in [0, 0.05) is 19.9 Å². The molecule has 3 aliphatic rings. The highest BCUT2D eigenvalue weighted by Crippen LogP contribution is 2.38. The van der Waals surface area contributed by atoms with Crippen molar-refractivity contribution >= 4 is 45.6 Å². The van der Waals surface area contributed by atoms with Crippen molar-refractivity contribution in [2.24, 2.45) is 0 Å². The van der Waals surface area contributed by atoms with Crippen LogP contribution in [-0.2, 0) is 35.5 Å². The van der Waals surface area contributed by atoms with E-state index in [1.165, 1.54) is 9.47 Å². The number of amides is 4. The molecule has 7 rings (SSSR count). The molecule has 1 fully saturated rings. The number of hydrogen-bond acceptors (Lipinski definition) is 5. The van der Waals surface area contributed by atoms with Crippen LogP contribution < -0.4 is 16.3 Å². The van der Waals surface area contributed by atoms with E-state index in [1.54, 1.807) is 17.7 Å². The Morgan fingerprint density at radius 3 is 2.62 bits per heavy atom. The molecule has 34 heavy (non-hydrogen) atoms. The third-order valence-corrected chi connectivity index (χ3v) is 7.33. The van der Waals surface area contributed by atoms with Gasteiger partial charge in [0.25, 0.3) is 5.91 Å². The summed E-state index contributed by atoms with van der Waals surface area (Å²) in [4.78, 5) is 59.1. The number of rotatable bonds is 2. The Hall–Kier alpha value is -4.41. The lowest BCUT2D eigenvalue weighted by Gasteiger charge is -2.27. The molecule has 1 aliphatic carbocycles. The molecule has 3 N–H and O–H groups in total. The molecule has 1 spiro atoms. The SMILES string of the molecule is CN1C(=O)NC(=O)C12Cc1cc3nc(Cn4c(=O)n5c6c(cccc64)NC(=O)C5)[nH]c3cc1C2. The number of para-hydroxylation sites is 1. The van der Waals surface area contributed by atoms with Crippen molar-refractivity contribution in [1.82, 2.24) is 29.3 Å². The average molecular weight is 457 g/mol. The van der Waals surface area contributed by atoms with Crippen LogP contribution in [0.1, 0.15) is 17.0 Å². The summed E-state index contributed by atoms with van der Waals surface area (Å²) in [6.07, 6.45) is 0.878. The number of aromatic amines is 1.